The highest BCUT2D eigenvalue weighted by Gasteiger charge is 2.05. The molecule has 0 fully saturated rings. The van der Waals surface area contributed by atoms with E-state index >= 15 is 0 Å². The van der Waals surface area contributed by atoms with Gasteiger partial charge in [-0.3, -0.25) is 0 Å². The highest BCUT2D eigenvalue weighted by molar-refractivity contribution is 7.14. The summed E-state index contributed by atoms with van der Waals surface area (Å²) in [6, 6.07) is 16.2. The van der Waals surface area contributed by atoms with E-state index in [1.165, 1.54) is 5.56 Å². The van der Waals surface area contributed by atoms with Crippen molar-refractivity contribution in [3.63, 3.8) is 0 Å². The Morgan fingerprint density at radius 2 is 1.95 bits per heavy atom. The maximum absolute atomic E-state index is 5.81. The van der Waals surface area contributed by atoms with Crippen molar-refractivity contribution in [2.75, 3.05) is 11.1 Å². The normalized spacial score (nSPS) is 10.5. The van der Waals surface area contributed by atoms with Gasteiger partial charge in [0, 0.05) is 22.3 Å². The van der Waals surface area contributed by atoms with Gasteiger partial charge in [-0.05, 0) is 36.2 Å². The molecule has 3 N–H and O–H groups in total. The fourth-order valence-electron chi connectivity index (χ4n) is 2.11. The second-order valence-corrected chi connectivity index (χ2v) is 5.70. The number of thiazole rings is 1. The fraction of sp³-hybridized carbons (Fsp3) is 0.118. The van der Waals surface area contributed by atoms with Gasteiger partial charge in [-0.15, -0.1) is 11.3 Å². The second-order valence-electron chi connectivity index (χ2n) is 4.84. The Bertz CT molecular complexity index is 732. The number of nitrogens with zero attached hydrogens (tertiary/aromatic N) is 1. The van der Waals surface area contributed by atoms with Crippen molar-refractivity contribution in [1.82, 2.24) is 4.98 Å². The standard InChI is InChI=1S/C17H17N3S/c1-2-12-6-8-15(9-7-12)19-17-20-16(11-21-17)13-4-3-5-14(18)10-13/h3-11H,2,18H2,1H3,(H,19,20). The summed E-state index contributed by atoms with van der Waals surface area (Å²) in [5.74, 6) is 0. The maximum Gasteiger partial charge on any atom is 0.187 e. The first-order valence-electron chi connectivity index (χ1n) is 6.92. The number of benzene rings is 2. The molecular formula is C17H17N3S. The van der Waals surface area contributed by atoms with Crippen LogP contribution in [-0.2, 0) is 6.42 Å². The second kappa shape index (κ2) is 5.97. The zero-order valence-electron chi connectivity index (χ0n) is 11.8. The van der Waals surface area contributed by atoms with Crippen LogP contribution in [0.1, 0.15) is 12.5 Å². The minimum absolute atomic E-state index is 0.755. The summed E-state index contributed by atoms with van der Waals surface area (Å²) in [4.78, 5) is 4.61. The number of anilines is 3. The number of hydrogen-bond donors (Lipinski definition) is 2. The fourth-order valence-corrected chi connectivity index (χ4v) is 2.85. The first-order valence-corrected chi connectivity index (χ1v) is 7.80. The molecule has 3 aromatic rings. The molecule has 3 nitrogen and oxygen atoms in total. The Morgan fingerprint density at radius 3 is 2.67 bits per heavy atom. The number of aryl methyl sites for hydroxylation is 1. The summed E-state index contributed by atoms with van der Waals surface area (Å²) in [6.45, 7) is 2.15. The maximum atomic E-state index is 5.81. The topological polar surface area (TPSA) is 50.9 Å². The Kier molecular flexibility index (Phi) is 3.88. The molecule has 0 saturated heterocycles. The molecular weight excluding hydrogens is 278 g/mol. The third-order valence-electron chi connectivity index (χ3n) is 3.30. The van der Waals surface area contributed by atoms with E-state index in [1.807, 2.05) is 29.6 Å². The van der Waals surface area contributed by atoms with Crippen molar-refractivity contribution in [2.24, 2.45) is 0 Å². The zero-order chi connectivity index (χ0) is 14.7. The number of hydrogen-bond acceptors (Lipinski definition) is 4. The molecule has 0 aliphatic heterocycles. The third-order valence-corrected chi connectivity index (χ3v) is 4.06. The number of aromatic nitrogens is 1. The molecule has 0 radical (unpaired) electrons. The van der Waals surface area contributed by atoms with Gasteiger partial charge in [0.2, 0.25) is 0 Å². The number of nitrogen functional groups attached to an aromatic ring is 1. The predicted octanol–water partition coefficient (Wildman–Crippen LogP) is 4.70. The molecule has 0 aliphatic rings. The summed E-state index contributed by atoms with van der Waals surface area (Å²) in [6.07, 6.45) is 1.05. The van der Waals surface area contributed by atoms with Crippen molar-refractivity contribution in [3.8, 4) is 11.3 Å². The first-order chi connectivity index (χ1) is 10.2. The molecule has 21 heavy (non-hydrogen) atoms. The number of nitrogens with one attached hydrogen (secondary N) is 1. The summed E-state index contributed by atoms with van der Waals surface area (Å²) in [5.41, 5.74) is 10.9. The van der Waals surface area contributed by atoms with Crippen molar-refractivity contribution < 1.29 is 0 Å². The van der Waals surface area contributed by atoms with Gasteiger partial charge in [-0.2, -0.15) is 0 Å². The Morgan fingerprint density at radius 1 is 1.14 bits per heavy atom. The van der Waals surface area contributed by atoms with Gasteiger partial charge in [0.25, 0.3) is 0 Å². The largest absolute Gasteiger partial charge is 0.399 e. The SMILES string of the molecule is CCc1ccc(Nc2nc(-c3cccc(N)c3)cs2)cc1. The van der Waals surface area contributed by atoms with E-state index < -0.39 is 0 Å². The average molecular weight is 295 g/mol. The van der Waals surface area contributed by atoms with Gasteiger partial charge in [0.1, 0.15) is 0 Å². The number of nitrogens with two attached hydrogens (primary N) is 1. The third kappa shape index (κ3) is 3.23. The van der Waals surface area contributed by atoms with E-state index in [1.54, 1.807) is 11.3 Å². The van der Waals surface area contributed by atoms with Crippen LogP contribution in [0.15, 0.2) is 53.9 Å². The summed E-state index contributed by atoms with van der Waals surface area (Å²) >= 11 is 1.59. The molecule has 3 rings (SSSR count). The summed E-state index contributed by atoms with van der Waals surface area (Å²) in [7, 11) is 0. The number of rotatable bonds is 4. The smallest absolute Gasteiger partial charge is 0.187 e. The molecule has 0 saturated carbocycles. The van der Waals surface area contributed by atoms with Crippen LogP contribution in [0.2, 0.25) is 0 Å². The van der Waals surface area contributed by atoms with E-state index in [0.717, 1.165) is 34.2 Å². The highest BCUT2D eigenvalue weighted by Crippen LogP contribution is 2.28. The van der Waals surface area contributed by atoms with E-state index in [0.29, 0.717) is 0 Å². The molecule has 0 spiro atoms. The monoisotopic (exact) mass is 295 g/mol. The molecule has 0 amide bonds. The lowest BCUT2D eigenvalue weighted by Crippen LogP contribution is -1.90. The molecule has 0 atom stereocenters. The molecule has 0 bridgehead atoms. The van der Waals surface area contributed by atoms with Crippen molar-refractivity contribution >= 4 is 27.8 Å². The van der Waals surface area contributed by atoms with Crippen LogP contribution < -0.4 is 11.1 Å². The van der Waals surface area contributed by atoms with Crippen molar-refractivity contribution in [1.29, 1.82) is 0 Å². The van der Waals surface area contributed by atoms with Gasteiger partial charge in [-0.1, -0.05) is 31.2 Å². The lowest BCUT2D eigenvalue weighted by Gasteiger charge is -2.03. The van der Waals surface area contributed by atoms with Crippen molar-refractivity contribution in [2.45, 2.75) is 13.3 Å². The van der Waals surface area contributed by atoms with Gasteiger partial charge in [-0.25, -0.2) is 4.98 Å². The predicted molar refractivity (Wildman–Crippen MR) is 91.1 cm³/mol. The molecule has 106 valence electrons. The molecule has 1 heterocycles. The average Bonchev–Trinajstić information content (AvgIpc) is 2.97. The molecule has 2 aromatic carbocycles. The van der Waals surface area contributed by atoms with Crippen LogP contribution in [0.5, 0.6) is 0 Å². The summed E-state index contributed by atoms with van der Waals surface area (Å²) in [5, 5.41) is 6.26. The lowest BCUT2D eigenvalue weighted by atomic mass is 10.1. The van der Waals surface area contributed by atoms with Crippen LogP contribution >= 0.6 is 11.3 Å². The minimum atomic E-state index is 0.755. The van der Waals surface area contributed by atoms with Crippen LogP contribution in [0, 0.1) is 0 Å². The molecule has 4 heteroatoms. The van der Waals surface area contributed by atoms with E-state index in [9.17, 15) is 0 Å². The van der Waals surface area contributed by atoms with Crippen LogP contribution in [0.4, 0.5) is 16.5 Å². The van der Waals surface area contributed by atoms with Gasteiger partial charge >= 0.3 is 0 Å². The van der Waals surface area contributed by atoms with E-state index in [4.69, 9.17) is 5.73 Å². The van der Waals surface area contributed by atoms with Gasteiger partial charge < -0.3 is 11.1 Å². The Hall–Kier alpha value is -2.33. The van der Waals surface area contributed by atoms with Crippen LogP contribution in [-0.4, -0.2) is 4.98 Å². The molecule has 1 aromatic heterocycles. The Balaban J connectivity index is 1.78. The van der Waals surface area contributed by atoms with Crippen molar-refractivity contribution in [3.05, 3.63) is 59.5 Å². The van der Waals surface area contributed by atoms with E-state index in [2.05, 4.69) is 41.5 Å². The Labute approximate surface area is 128 Å². The highest BCUT2D eigenvalue weighted by atomic mass is 32.1. The molecule has 0 unspecified atom stereocenters. The van der Waals surface area contributed by atoms with Crippen LogP contribution in [0.3, 0.4) is 0 Å². The van der Waals surface area contributed by atoms with Crippen LogP contribution in [0.25, 0.3) is 11.3 Å². The van der Waals surface area contributed by atoms with Gasteiger partial charge in [0.05, 0.1) is 5.69 Å². The first kappa shape index (κ1) is 13.6. The van der Waals surface area contributed by atoms with E-state index in [-0.39, 0.29) is 0 Å². The summed E-state index contributed by atoms with van der Waals surface area (Å²) < 4.78 is 0. The van der Waals surface area contributed by atoms with Gasteiger partial charge in [0.15, 0.2) is 5.13 Å². The minimum Gasteiger partial charge on any atom is -0.399 e. The quantitative estimate of drug-likeness (QED) is 0.686. The zero-order valence-corrected chi connectivity index (χ0v) is 12.7. The lowest BCUT2D eigenvalue weighted by molar-refractivity contribution is 1.14. The molecule has 0 aliphatic carbocycles.